The van der Waals surface area contributed by atoms with Crippen LogP contribution in [-0.4, -0.2) is 80.4 Å². The number of urea groups is 1. The van der Waals surface area contributed by atoms with Gasteiger partial charge in [-0.2, -0.15) is 0 Å². The number of methoxy groups -OCH3 is 2. The number of imide groups is 1. The molecule has 0 aromatic heterocycles. The van der Waals surface area contributed by atoms with Crippen LogP contribution in [0.5, 0.6) is 11.5 Å². The Kier molecular flexibility index (Phi) is 6.92. The molecule has 1 N–H and O–H groups in total. The average molecular weight is 482 g/mol. The van der Waals surface area contributed by atoms with E-state index < -0.39 is 45.8 Å². The quantitative estimate of drug-likeness (QED) is 0.555. The van der Waals surface area contributed by atoms with E-state index in [0.717, 1.165) is 4.90 Å². The van der Waals surface area contributed by atoms with E-state index in [2.05, 4.69) is 5.32 Å². The van der Waals surface area contributed by atoms with E-state index in [1.54, 1.807) is 25.1 Å². The summed E-state index contributed by atoms with van der Waals surface area (Å²) in [4.78, 5) is 41.7. The molecule has 3 rings (SSSR count). The van der Waals surface area contributed by atoms with Gasteiger partial charge in [0.15, 0.2) is 21.3 Å². The monoisotopic (exact) mass is 481 g/mol. The third-order valence-electron chi connectivity index (χ3n) is 6.48. The molecule has 0 radical (unpaired) electrons. The van der Waals surface area contributed by atoms with Crippen LogP contribution in [0.3, 0.4) is 0 Å². The minimum absolute atomic E-state index is 0.0262. The number of benzene rings is 1. The van der Waals surface area contributed by atoms with Crippen LogP contribution < -0.4 is 14.8 Å². The van der Waals surface area contributed by atoms with Gasteiger partial charge in [0, 0.05) is 12.1 Å². The fourth-order valence-electron chi connectivity index (χ4n) is 4.40. The second-order valence-electron chi connectivity index (χ2n) is 8.63. The number of hydrogen-bond acceptors (Lipinski definition) is 7. The summed E-state index contributed by atoms with van der Waals surface area (Å²) < 4.78 is 34.5. The molecule has 182 valence electrons. The van der Waals surface area contributed by atoms with Gasteiger partial charge in [-0.3, -0.25) is 14.5 Å². The van der Waals surface area contributed by atoms with E-state index in [4.69, 9.17) is 9.47 Å². The Labute approximate surface area is 194 Å². The second-order valence-corrected chi connectivity index (χ2v) is 10.9. The van der Waals surface area contributed by atoms with Crippen LogP contribution in [0.2, 0.25) is 0 Å². The summed E-state index contributed by atoms with van der Waals surface area (Å²) in [5.41, 5.74) is -0.913. The summed E-state index contributed by atoms with van der Waals surface area (Å²) in [5, 5.41) is 2.68. The molecule has 2 aliphatic rings. The number of nitrogens with one attached hydrogen (secondary N) is 1. The van der Waals surface area contributed by atoms with E-state index in [0.29, 0.717) is 29.9 Å². The first-order chi connectivity index (χ1) is 15.5. The van der Waals surface area contributed by atoms with Crippen LogP contribution in [0.25, 0.3) is 0 Å². The standard InChI is InChI=1S/C22H31N3O7S/c1-6-14(2)25(16-9-10-33(29,30)13-16)19(26)12-24-20(27)22(3,23-21(24)28)15-7-8-17(31-4)18(11-15)32-5/h7-8,11,14,16H,6,9-10,12-13H2,1-5H3,(H,23,28)/t14-,16+,22+/m0/s1. The van der Waals surface area contributed by atoms with Gasteiger partial charge in [0.1, 0.15) is 12.1 Å². The summed E-state index contributed by atoms with van der Waals surface area (Å²) in [6.45, 7) is 4.84. The van der Waals surface area contributed by atoms with Crippen molar-refractivity contribution in [3.8, 4) is 11.5 Å². The molecule has 0 saturated carbocycles. The molecule has 10 nitrogen and oxygen atoms in total. The lowest BCUT2D eigenvalue weighted by Gasteiger charge is -2.34. The van der Waals surface area contributed by atoms with Crippen LogP contribution in [0.4, 0.5) is 4.79 Å². The van der Waals surface area contributed by atoms with Crippen molar-refractivity contribution in [2.24, 2.45) is 0 Å². The van der Waals surface area contributed by atoms with Crippen LogP contribution >= 0.6 is 0 Å². The van der Waals surface area contributed by atoms with E-state index in [9.17, 15) is 22.8 Å². The van der Waals surface area contributed by atoms with Crippen molar-refractivity contribution < 1.29 is 32.3 Å². The van der Waals surface area contributed by atoms with Crippen molar-refractivity contribution in [1.29, 1.82) is 0 Å². The maximum Gasteiger partial charge on any atom is 0.325 e. The predicted molar refractivity (Wildman–Crippen MR) is 121 cm³/mol. The van der Waals surface area contributed by atoms with Gasteiger partial charge in [-0.05, 0) is 44.4 Å². The minimum atomic E-state index is -3.21. The highest BCUT2D eigenvalue weighted by molar-refractivity contribution is 7.91. The molecule has 2 heterocycles. The highest BCUT2D eigenvalue weighted by Gasteiger charge is 2.50. The lowest BCUT2D eigenvalue weighted by Crippen LogP contribution is -2.51. The van der Waals surface area contributed by atoms with Gasteiger partial charge in [0.05, 0.1) is 25.7 Å². The summed E-state index contributed by atoms with van der Waals surface area (Å²) in [5.74, 6) is -0.226. The van der Waals surface area contributed by atoms with Crippen molar-refractivity contribution >= 4 is 27.7 Å². The normalized spacial score (nSPS) is 25.0. The van der Waals surface area contributed by atoms with Gasteiger partial charge in [0.25, 0.3) is 5.91 Å². The van der Waals surface area contributed by atoms with Gasteiger partial charge in [-0.15, -0.1) is 0 Å². The molecule has 0 bridgehead atoms. The van der Waals surface area contributed by atoms with Gasteiger partial charge in [-0.1, -0.05) is 13.0 Å². The number of sulfone groups is 1. The molecular formula is C22H31N3O7S. The summed E-state index contributed by atoms with van der Waals surface area (Å²) in [6.07, 6.45) is 0.966. The molecule has 3 atom stereocenters. The summed E-state index contributed by atoms with van der Waals surface area (Å²) in [7, 11) is -0.245. The molecule has 1 aromatic rings. The first kappa shape index (κ1) is 24.8. The first-order valence-corrected chi connectivity index (χ1v) is 12.7. The number of carbonyl (C=O) groups excluding carboxylic acids is 3. The number of hydrogen-bond donors (Lipinski definition) is 1. The van der Waals surface area contributed by atoms with E-state index in [1.165, 1.54) is 19.1 Å². The summed E-state index contributed by atoms with van der Waals surface area (Å²) >= 11 is 0. The molecule has 2 saturated heterocycles. The van der Waals surface area contributed by atoms with Crippen molar-refractivity contribution in [1.82, 2.24) is 15.1 Å². The molecule has 2 fully saturated rings. The minimum Gasteiger partial charge on any atom is -0.493 e. The first-order valence-electron chi connectivity index (χ1n) is 10.9. The maximum absolute atomic E-state index is 13.3. The highest BCUT2D eigenvalue weighted by Crippen LogP contribution is 2.35. The zero-order valence-electron chi connectivity index (χ0n) is 19.6. The predicted octanol–water partition coefficient (Wildman–Crippen LogP) is 1.29. The summed E-state index contributed by atoms with van der Waals surface area (Å²) in [6, 6.07) is 3.52. The SMILES string of the molecule is CC[C@H](C)N(C(=O)CN1C(=O)N[C@](C)(c2ccc(OC)c(OC)c2)C1=O)[C@@H]1CCS(=O)(=O)C1. The van der Waals surface area contributed by atoms with Crippen LogP contribution in [0.1, 0.15) is 39.2 Å². The van der Waals surface area contributed by atoms with Crippen molar-refractivity contribution in [2.75, 3.05) is 32.3 Å². The number of amides is 4. The zero-order chi connectivity index (χ0) is 24.6. The fraction of sp³-hybridized carbons (Fsp3) is 0.591. The van der Waals surface area contributed by atoms with Crippen LogP contribution in [0, 0.1) is 0 Å². The van der Waals surface area contributed by atoms with E-state index >= 15 is 0 Å². The van der Waals surface area contributed by atoms with Gasteiger partial charge >= 0.3 is 6.03 Å². The van der Waals surface area contributed by atoms with E-state index in [1.807, 2.05) is 13.8 Å². The molecule has 2 aliphatic heterocycles. The van der Waals surface area contributed by atoms with Crippen LogP contribution in [-0.2, 0) is 25.0 Å². The van der Waals surface area contributed by atoms with Crippen molar-refractivity contribution in [3.63, 3.8) is 0 Å². The Hall–Kier alpha value is -2.82. The molecule has 0 aliphatic carbocycles. The Morgan fingerprint density at radius 2 is 1.94 bits per heavy atom. The van der Waals surface area contributed by atoms with Gasteiger partial charge < -0.3 is 19.7 Å². The number of rotatable bonds is 8. The molecule has 11 heteroatoms. The molecule has 0 spiro atoms. The van der Waals surface area contributed by atoms with Gasteiger partial charge in [0.2, 0.25) is 5.91 Å². The topological polar surface area (TPSA) is 122 Å². The van der Waals surface area contributed by atoms with E-state index in [-0.39, 0.29) is 17.5 Å². The largest absolute Gasteiger partial charge is 0.493 e. The molecule has 4 amide bonds. The van der Waals surface area contributed by atoms with Crippen molar-refractivity contribution in [2.45, 2.75) is 51.2 Å². The molecule has 33 heavy (non-hydrogen) atoms. The van der Waals surface area contributed by atoms with Crippen LogP contribution in [0.15, 0.2) is 18.2 Å². The fourth-order valence-corrected chi connectivity index (χ4v) is 6.11. The molecule has 1 aromatic carbocycles. The third kappa shape index (κ3) is 4.64. The lowest BCUT2D eigenvalue weighted by atomic mass is 9.91. The zero-order valence-corrected chi connectivity index (χ0v) is 20.4. The third-order valence-corrected chi connectivity index (χ3v) is 8.24. The second kappa shape index (κ2) is 9.20. The van der Waals surface area contributed by atoms with Gasteiger partial charge in [-0.25, -0.2) is 13.2 Å². The average Bonchev–Trinajstić information content (AvgIpc) is 3.24. The Balaban J connectivity index is 1.84. The van der Waals surface area contributed by atoms with Crippen molar-refractivity contribution in [3.05, 3.63) is 23.8 Å². The Morgan fingerprint density at radius 1 is 1.27 bits per heavy atom. The number of carbonyl (C=O) groups is 3. The smallest absolute Gasteiger partial charge is 0.325 e. The number of nitrogens with zero attached hydrogens (tertiary/aromatic N) is 2. The Bertz CT molecular complexity index is 1060. The molecular weight excluding hydrogens is 450 g/mol. The lowest BCUT2D eigenvalue weighted by molar-refractivity contribution is -0.141. The maximum atomic E-state index is 13.3. The number of ether oxygens (including phenoxy) is 2. The highest BCUT2D eigenvalue weighted by atomic mass is 32.2. The molecule has 0 unspecified atom stereocenters. The Morgan fingerprint density at radius 3 is 2.48 bits per heavy atom.